The molecule has 0 bridgehead atoms. The quantitative estimate of drug-likeness (QED) is 0.732. The van der Waals surface area contributed by atoms with Crippen molar-refractivity contribution in [2.75, 3.05) is 19.6 Å². The Hall–Kier alpha value is -2.24. The van der Waals surface area contributed by atoms with Crippen molar-refractivity contribution in [1.29, 1.82) is 0 Å². The summed E-state index contributed by atoms with van der Waals surface area (Å²) in [7, 11) is 0. The number of aliphatic carboxylic acids is 1. The van der Waals surface area contributed by atoms with Gasteiger partial charge in [0.25, 0.3) is 0 Å². The summed E-state index contributed by atoms with van der Waals surface area (Å²) in [5, 5.41) is 9.21. The molecule has 1 saturated heterocycles. The van der Waals surface area contributed by atoms with Crippen LogP contribution in [0.4, 0.5) is 8.78 Å². The van der Waals surface area contributed by atoms with Gasteiger partial charge in [0, 0.05) is 13.1 Å². The van der Waals surface area contributed by atoms with Gasteiger partial charge in [-0.25, -0.2) is 8.78 Å². The lowest BCUT2D eigenvalue weighted by atomic mass is 9.96. The fourth-order valence-corrected chi connectivity index (χ4v) is 3.51. The van der Waals surface area contributed by atoms with Gasteiger partial charge < -0.3 is 10.0 Å². The molecule has 0 saturated carbocycles. The number of halogens is 3. The van der Waals surface area contributed by atoms with Crippen molar-refractivity contribution in [3.05, 3.63) is 77.4 Å². The molecule has 1 unspecified atom stereocenters. The van der Waals surface area contributed by atoms with Crippen LogP contribution in [0.3, 0.4) is 0 Å². The summed E-state index contributed by atoms with van der Waals surface area (Å²) in [5.41, 5.74) is 2.65. The molecule has 1 aliphatic heterocycles. The van der Waals surface area contributed by atoms with Gasteiger partial charge in [-0.3, -0.25) is 4.79 Å². The van der Waals surface area contributed by atoms with Crippen LogP contribution < -0.4 is 0 Å². The topological polar surface area (TPSA) is 40.5 Å². The summed E-state index contributed by atoms with van der Waals surface area (Å²) >= 11 is 0. The second-order valence-electron chi connectivity index (χ2n) is 6.90. The molecule has 3 rings (SSSR count). The highest BCUT2D eigenvalue weighted by Crippen LogP contribution is 2.25. The minimum atomic E-state index is -0.728. The van der Waals surface area contributed by atoms with Gasteiger partial charge in [-0.15, -0.1) is 12.4 Å². The third kappa shape index (κ3) is 5.88. The number of likely N-dealkylation sites (tertiary alicyclic amines) is 1. The van der Waals surface area contributed by atoms with E-state index in [1.807, 2.05) is 0 Å². The van der Waals surface area contributed by atoms with Gasteiger partial charge in [-0.1, -0.05) is 30.3 Å². The van der Waals surface area contributed by atoms with Crippen molar-refractivity contribution in [3.63, 3.8) is 0 Å². The summed E-state index contributed by atoms with van der Waals surface area (Å²) < 4.78 is 26.6. The summed E-state index contributed by atoms with van der Waals surface area (Å²) in [4.78, 5) is 13.4. The summed E-state index contributed by atoms with van der Waals surface area (Å²) in [6.07, 6.45) is 4.42. The van der Waals surface area contributed by atoms with Crippen molar-refractivity contribution >= 4 is 23.9 Å². The van der Waals surface area contributed by atoms with Crippen LogP contribution in [0.5, 0.6) is 0 Å². The van der Waals surface area contributed by atoms with Gasteiger partial charge in [-0.2, -0.15) is 0 Å². The van der Waals surface area contributed by atoms with E-state index in [1.165, 1.54) is 24.3 Å². The lowest BCUT2D eigenvalue weighted by molar-refractivity contribution is -0.143. The monoisotopic (exact) mass is 407 g/mol. The van der Waals surface area contributed by atoms with E-state index >= 15 is 0 Å². The highest BCUT2D eigenvalue weighted by molar-refractivity contribution is 5.85. The Kier molecular flexibility index (Phi) is 8.15. The first kappa shape index (κ1) is 22.1. The van der Waals surface area contributed by atoms with Crippen LogP contribution in [0, 0.1) is 17.6 Å². The predicted molar refractivity (Wildman–Crippen MR) is 109 cm³/mol. The van der Waals surface area contributed by atoms with Crippen LogP contribution in [0.1, 0.15) is 30.4 Å². The zero-order chi connectivity index (χ0) is 19.2. The molecule has 0 amide bonds. The highest BCUT2D eigenvalue weighted by atomic mass is 35.5. The second-order valence-corrected chi connectivity index (χ2v) is 6.90. The molecule has 1 fully saturated rings. The van der Waals surface area contributed by atoms with E-state index in [0.29, 0.717) is 6.54 Å². The Bertz CT molecular complexity index is 759. The molecule has 150 valence electrons. The van der Waals surface area contributed by atoms with E-state index in [1.54, 1.807) is 24.3 Å². The average Bonchev–Trinajstić information content (AvgIpc) is 2.67. The van der Waals surface area contributed by atoms with E-state index < -0.39 is 5.97 Å². The number of piperidine rings is 1. The number of rotatable bonds is 6. The van der Waals surface area contributed by atoms with Crippen molar-refractivity contribution in [1.82, 2.24) is 4.90 Å². The number of carboxylic acids is 1. The van der Waals surface area contributed by atoms with Crippen molar-refractivity contribution in [2.45, 2.75) is 19.3 Å². The number of benzene rings is 2. The minimum absolute atomic E-state index is 0. The highest BCUT2D eigenvalue weighted by Gasteiger charge is 2.24. The van der Waals surface area contributed by atoms with Crippen LogP contribution >= 0.6 is 12.4 Å². The largest absolute Gasteiger partial charge is 0.481 e. The van der Waals surface area contributed by atoms with Crippen molar-refractivity contribution in [3.8, 4) is 0 Å². The van der Waals surface area contributed by atoms with Crippen LogP contribution in [0.2, 0.25) is 0 Å². The molecule has 6 heteroatoms. The third-order valence-corrected chi connectivity index (χ3v) is 4.96. The number of nitrogens with zero attached hydrogens (tertiary/aromatic N) is 1. The smallest absolute Gasteiger partial charge is 0.307 e. The molecular formula is C22H24ClF2NO2. The molecule has 28 heavy (non-hydrogen) atoms. The van der Waals surface area contributed by atoms with E-state index in [4.69, 9.17) is 0 Å². The molecule has 0 radical (unpaired) electrons. The van der Waals surface area contributed by atoms with Gasteiger partial charge in [0.05, 0.1) is 5.92 Å². The Labute approximate surface area is 170 Å². The van der Waals surface area contributed by atoms with Crippen LogP contribution in [0.25, 0.3) is 5.57 Å². The summed E-state index contributed by atoms with van der Waals surface area (Å²) in [6.45, 7) is 2.24. The molecule has 1 heterocycles. The SMILES string of the molecule is Cl.O=C(O)C1CCCN(CCC=C(c2ccc(F)cc2)c2ccc(F)cc2)C1. The molecule has 3 nitrogen and oxygen atoms in total. The second kappa shape index (κ2) is 10.3. The molecule has 2 aromatic carbocycles. The fraction of sp³-hybridized carbons (Fsp3) is 0.318. The lowest BCUT2D eigenvalue weighted by Gasteiger charge is -2.30. The molecule has 1 atom stereocenters. The Balaban J connectivity index is 0.00000280. The first-order valence-electron chi connectivity index (χ1n) is 9.20. The molecular weight excluding hydrogens is 384 g/mol. The Morgan fingerprint density at radius 1 is 1.04 bits per heavy atom. The zero-order valence-electron chi connectivity index (χ0n) is 15.5. The van der Waals surface area contributed by atoms with E-state index in [0.717, 1.165) is 49.1 Å². The standard InChI is InChI=1S/C22H23F2NO2.ClH/c23-19-9-5-16(6-10-19)21(17-7-11-20(24)12-8-17)4-2-14-25-13-1-3-18(15-25)22(26)27;/h4-12,18H,1-3,13-15H2,(H,26,27);1H. The van der Waals surface area contributed by atoms with Crippen LogP contribution in [0.15, 0.2) is 54.6 Å². The van der Waals surface area contributed by atoms with Gasteiger partial charge in [0.1, 0.15) is 11.6 Å². The van der Waals surface area contributed by atoms with E-state index in [9.17, 15) is 18.7 Å². The van der Waals surface area contributed by atoms with Gasteiger partial charge in [-0.05, 0) is 66.8 Å². The summed E-state index contributed by atoms with van der Waals surface area (Å²) in [5.74, 6) is -1.62. The van der Waals surface area contributed by atoms with Crippen molar-refractivity contribution < 1.29 is 18.7 Å². The van der Waals surface area contributed by atoms with Crippen LogP contribution in [-0.2, 0) is 4.79 Å². The molecule has 1 aliphatic rings. The first-order chi connectivity index (χ1) is 13.0. The Morgan fingerprint density at radius 2 is 1.57 bits per heavy atom. The molecule has 2 aromatic rings. The molecule has 0 spiro atoms. The zero-order valence-corrected chi connectivity index (χ0v) is 16.3. The lowest BCUT2D eigenvalue weighted by Crippen LogP contribution is -2.39. The third-order valence-electron chi connectivity index (χ3n) is 4.96. The average molecular weight is 408 g/mol. The fourth-order valence-electron chi connectivity index (χ4n) is 3.51. The predicted octanol–water partition coefficient (Wildman–Crippen LogP) is 5.01. The maximum Gasteiger partial charge on any atom is 0.307 e. The molecule has 0 aliphatic carbocycles. The van der Waals surface area contributed by atoms with Gasteiger partial charge in [0.15, 0.2) is 0 Å². The first-order valence-corrected chi connectivity index (χ1v) is 9.20. The molecule has 0 aromatic heterocycles. The van der Waals surface area contributed by atoms with Gasteiger partial charge >= 0.3 is 5.97 Å². The van der Waals surface area contributed by atoms with E-state index in [2.05, 4.69) is 11.0 Å². The number of carboxylic acid groups (broad SMARTS) is 1. The van der Waals surface area contributed by atoms with Crippen molar-refractivity contribution in [2.24, 2.45) is 5.92 Å². The van der Waals surface area contributed by atoms with Crippen LogP contribution in [-0.4, -0.2) is 35.6 Å². The number of carbonyl (C=O) groups is 1. The minimum Gasteiger partial charge on any atom is -0.481 e. The normalized spacial score (nSPS) is 16.9. The number of hydrogen-bond donors (Lipinski definition) is 1. The number of hydrogen-bond acceptors (Lipinski definition) is 2. The summed E-state index contributed by atoms with van der Waals surface area (Å²) in [6, 6.07) is 12.5. The maximum absolute atomic E-state index is 13.3. The Morgan fingerprint density at radius 3 is 2.07 bits per heavy atom. The van der Waals surface area contributed by atoms with Gasteiger partial charge in [0.2, 0.25) is 0 Å². The van der Waals surface area contributed by atoms with E-state index in [-0.39, 0.29) is 30.0 Å². The molecule has 1 N–H and O–H groups in total. The maximum atomic E-state index is 13.3.